The summed E-state index contributed by atoms with van der Waals surface area (Å²) in [4.78, 5) is 25.8. The molecule has 2 aromatic carbocycles. The SMILES string of the molecule is COc1c([C@@H](O)CC(C)C)ccc2c1C(=O)OCc1c(C#N)c(C)cc(OC(=O)C(C)(C)C)c1O2. The van der Waals surface area contributed by atoms with Crippen LogP contribution in [0.2, 0.25) is 0 Å². The van der Waals surface area contributed by atoms with Crippen LogP contribution in [0.3, 0.4) is 0 Å². The summed E-state index contributed by atoms with van der Waals surface area (Å²) < 4.78 is 22.9. The molecule has 0 aromatic heterocycles. The number of cyclic esters (lactones) is 1. The zero-order valence-electron chi connectivity index (χ0n) is 21.1. The largest absolute Gasteiger partial charge is 0.495 e. The van der Waals surface area contributed by atoms with Crippen LogP contribution in [0.1, 0.15) is 79.8 Å². The number of rotatable bonds is 5. The van der Waals surface area contributed by atoms with Crippen molar-refractivity contribution in [3.8, 4) is 29.1 Å². The summed E-state index contributed by atoms with van der Waals surface area (Å²) in [5.74, 6) is -0.547. The third kappa shape index (κ3) is 5.25. The molecule has 1 aliphatic rings. The van der Waals surface area contributed by atoms with Crippen LogP contribution < -0.4 is 14.2 Å². The monoisotopic (exact) mass is 481 g/mol. The second kappa shape index (κ2) is 9.96. The van der Waals surface area contributed by atoms with E-state index in [-0.39, 0.29) is 46.6 Å². The second-order valence-corrected chi connectivity index (χ2v) is 10.0. The molecule has 1 atom stereocenters. The van der Waals surface area contributed by atoms with E-state index in [0.717, 1.165) is 0 Å². The number of carbonyl (C=O) groups excluding carboxylic acids is 2. The molecular weight excluding hydrogens is 450 g/mol. The van der Waals surface area contributed by atoms with Gasteiger partial charge in [0.05, 0.1) is 35.8 Å². The maximum Gasteiger partial charge on any atom is 0.346 e. The fourth-order valence-corrected chi connectivity index (χ4v) is 3.80. The molecule has 1 aliphatic heterocycles. The van der Waals surface area contributed by atoms with E-state index < -0.39 is 23.5 Å². The van der Waals surface area contributed by atoms with Gasteiger partial charge in [0.2, 0.25) is 0 Å². The van der Waals surface area contributed by atoms with Crippen LogP contribution in [0, 0.1) is 29.6 Å². The number of hydrogen-bond acceptors (Lipinski definition) is 8. The summed E-state index contributed by atoms with van der Waals surface area (Å²) >= 11 is 0. The van der Waals surface area contributed by atoms with Gasteiger partial charge in [-0.2, -0.15) is 5.26 Å². The fourth-order valence-electron chi connectivity index (χ4n) is 3.80. The molecule has 1 N–H and O–H groups in total. The summed E-state index contributed by atoms with van der Waals surface area (Å²) in [6, 6.07) is 6.83. The van der Waals surface area contributed by atoms with Crippen LogP contribution >= 0.6 is 0 Å². The molecule has 0 aliphatic carbocycles. The number of methoxy groups -OCH3 is 1. The first-order chi connectivity index (χ1) is 16.4. The van der Waals surface area contributed by atoms with Crippen molar-refractivity contribution < 1.29 is 33.6 Å². The highest BCUT2D eigenvalue weighted by Crippen LogP contribution is 2.46. The number of hydrogen-bond donors (Lipinski definition) is 1. The molecule has 0 amide bonds. The van der Waals surface area contributed by atoms with Crippen molar-refractivity contribution in [2.24, 2.45) is 11.3 Å². The maximum absolute atomic E-state index is 13.1. The first-order valence-electron chi connectivity index (χ1n) is 11.4. The van der Waals surface area contributed by atoms with E-state index in [2.05, 4.69) is 6.07 Å². The van der Waals surface area contributed by atoms with Gasteiger partial charge in [0.25, 0.3) is 0 Å². The van der Waals surface area contributed by atoms with E-state index in [1.54, 1.807) is 39.8 Å². The lowest BCUT2D eigenvalue weighted by Gasteiger charge is -2.25. The minimum absolute atomic E-state index is 0.00522. The van der Waals surface area contributed by atoms with Gasteiger partial charge in [-0.1, -0.05) is 13.8 Å². The van der Waals surface area contributed by atoms with Crippen molar-refractivity contribution in [3.05, 3.63) is 46.0 Å². The smallest absolute Gasteiger partial charge is 0.346 e. The third-order valence-corrected chi connectivity index (χ3v) is 5.64. The number of benzene rings is 2. The molecule has 0 unspecified atom stereocenters. The van der Waals surface area contributed by atoms with Crippen molar-refractivity contribution in [2.45, 2.75) is 60.7 Å². The van der Waals surface area contributed by atoms with Gasteiger partial charge in [-0.3, -0.25) is 4.79 Å². The zero-order chi connectivity index (χ0) is 26.1. The highest BCUT2D eigenvalue weighted by Gasteiger charge is 2.33. The summed E-state index contributed by atoms with van der Waals surface area (Å²) in [5.41, 5.74) is 0.764. The highest BCUT2D eigenvalue weighted by molar-refractivity contribution is 5.97. The number of nitrogens with zero attached hydrogens (tertiary/aromatic N) is 1. The van der Waals surface area contributed by atoms with Gasteiger partial charge >= 0.3 is 11.9 Å². The Labute approximate surface area is 205 Å². The second-order valence-electron chi connectivity index (χ2n) is 10.0. The van der Waals surface area contributed by atoms with E-state index in [1.165, 1.54) is 13.2 Å². The first kappa shape index (κ1) is 26.0. The van der Waals surface area contributed by atoms with Crippen LogP contribution in [0.25, 0.3) is 0 Å². The Morgan fingerprint density at radius 3 is 2.54 bits per heavy atom. The lowest BCUT2D eigenvalue weighted by molar-refractivity contribution is -0.143. The predicted octanol–water partition coefficient (Wildman–Crippen LogP) is 5.37. The van der Waals surface area contributed by atoms with E-state index >= 15 is 0 Å². The predicted molar refractivity (Wildman–Crippen MR) is 128 cm³/mol. The van der Waals surface area contributed by atoms with Crippen LogP contribution in [0.5, 0.6) is 23.0 Å². The van der Waals surface area contributed by atoms with Gasteiger partial charge in [0.1, 0.15) is 23.7 Å². The fraction of sp³-hybridized carbons (Fsp3) is 0.444. The molecule has 2 aromatic rings. The van der Waals surface area contributed by atoms with Crippen molar-refractivity contribution >= 4 is 11.9 Å². The topological polar surface area (TPSA) is 115 Å². The molecular formula is C27H31NO7. The number of aliphatic hydroxyl groups excluding tert-OH is 1. The first-order valence-corrected chi connectivity index (χ1v) is 11.4. The minimum atomic E-state index is -0.864. The number of nitriles is 1. The number of fused-ring (bicyclic) bond motifs is 2. The van der Waals surface area contributed by atoms with E-state index in [4.69, 9.17) is 18.9 Å². The Balaban J connectivity index is 2.22. The third-order valence-electron chi connectivity index (χ3n) is 5.64. The molecule has 35 heavy (non-hydrogen) atoms. The molecule has 0 fully saturated rings. The molecule has 0 saturated carbocycles. The molecule has 8 heteroatoms. The van der Waals surface area contributed by atoms with Gasteiger partial charge < -0.3 is 24.1 Å². The average molecular weight is 482 g/mol. The molecule has 186 valence electrons. The van der Waals surface area contributed by atoms with Crippen molar-refractivity contribution in [1.29, 1.82) is 5.26 Å². The Hall–Kier alpha value is -3.57. The van der Waals surface area contributed by atoms with Gasteiger partial charge in [-0.15, -0.1) is 0 Å². The summed E-state index contributed by atoms with van der Waals surface area (Å²) in [5, 5.41) is 20.5. The average Bonchev–Trinajstić information content (AvgIpc) is 2.76. The standard InChI is InChI=1S/C27H31NO7/c1-14(2)10-19(29)16-8-9-20-22(24(16)32-7)25(30)33-13-18-17(12-28)15(3)11-21(23(18)34-20)35-26(31)27(4,5)6/h8-9,11,14,19,29H,10,13H2,1-7H3/t19-/m0/s1. The van der Waals surface area contributed by atoms with Gasteiger partial charge in [-0.05, 0) is 63.8 Å². The Morgan fingerprint density at radius 2 is 1.97 bits per heavy atom. The van der Waals surface area contributed by atoms with E-state index in [0.29, 0.717) is 23.1 Å². The molecule has 0 radical (unpaired) electrons. The minimum Gasteiger partial charge on any atom is -0.495 e. The van der Waals surface area contributed by atoms with Crippen molar-refractivity contribution in [2.75, 3.05) is 7.11 Å². The molecule has 0 bridgehead atoms. The van der Waals surface area contributed by atoms with Gasteiger partial charge in [-0.25, -0.2) is 4.79 Å². The zero-order valence-corrected chi connectivity index (χ0v) is 21.1. The number of aliphatic hydroxyl groups is 1. The number of ether oxygens (including phenoxy) is 4. The molecule has 0 spiro atoms. The quantitative estimate of drug-likeness (QED) is 0.448. The molecule has 1 heterocycles. The number of carbonyl (C=O) groups is 2. The van der Waals surface area contributed by atoms with Crippen LogP contribution in [0.15, 0.2) is 18.2 Å². The van der Waals surface area contributed by atoms with Crippen LogP contribution in [0.4, 0.5) is 0 Å². The van der Waals surface area contributed by atoms with Gasteiger partial charge in [0, 0.05) is 5.56 Å². The Morgan fingerprint density at radius 1 is 1.29 bits per heavy atom. The van der Waals surface area contributed by atoms with E-state index in [9.17, 15) is 20.0 Å². The van der Waals surface area contributed by atoms with Gasteiger partial charge in [0.15, 0.2) is 11.5 Å². The number of aryl methyl sites for hydroxylation is 1. The van der Waals surface area contributed by atoms with Crippen LogP contribution in [-0.2, 0) is 16.1 Å². The lowest BCUT2D eigenvalue weighted by Crippen LogP contribution is -2.26. The highest BCUT2D eigenvalue weighted by atomic mass is 16.6. The van der Waals surface area contributed by atoms with Crippen molar-refractivity contribution in [1.82, 2.24) is 0 Å². The molecule has 8 nitrogen and oxygen atoms in total. The summed E-state index contributed by atoms with van der Waals surface area (Å²) in [6.45, 7) is 10.6. The molecule has 0 saturated heterocycles. The maximum atomic E-state index is 13.1. The normalized spacial score (nSPS) is 13.9. The number of esters is 2. The molecule has 3 rings (SSSR count). The van der Waals surface area contributed by atoms with Crippen molar-refractivity contribution in [3.63, 3.8) is 0 Å². The van der Waals surface area contributed by atoms with Crippen LogP contribution in [-0.4, -0.2) is 24.2 Å². The lowest BCUT2D eigenvalue weighted by atomic mass is 9.96. The summed E-state index contributed by atoms with van der Waals surface area (Å²) in [6.07, 6.45) is -0.400. The van der Waals surface area contributed by atoms with E-state index in [1.807, 2.05) is 13.8 Å². The summed E-state index contributed by atoms with van der Waals surface area (Å²) in [7, 11) is 1.40. The Bertz CT molecular complexity index is 1200. The Kier molecular flexibility index (Phi) is 7.41.